The summed E-state index contributed by atoms with van der Waals surface area (Å²) in [5, 5.41) is 3.38. The number of hydrogen-bond acceptors (Lipinski definition) is 3. The lowest BCUT2D eigenvalue weighted by molar-refractivity contribution is 0.592. The van der Waals surface area contributed by atoms with Gasteiger partial charge in [0.2, 0.25) is 0 Å². The number of nitrogens with one attached hydrogen (secondary N) is 1. The van der Waals surface area contributed by atoms with Crippen LogP contribution in [0.5, 0.6) is 0 Å². The molecule has 3 N–H and O–H groups in total. The summed E-state index contributed by atoms with van der Waals surface area (Å²) in [7, 11) is 0. The SMILES string of the molecule is CC(C)(C)c1ccccc1Nc1cncc(N)c1. The predicted octanol–water partition coefficient (Wildman–Crippen LogP) is 3.70. The average molecular weight is 241 g/mol. The van der Waals surface area contributed by atoms with E-state index in [1.54, 1.807) is 12.4 Å². The van der Waals surface area contributed by atoms with E-state index in [0.29, 0.717) is 5.69 Å². The van der Waals surface area contributed by atoms with Crippen LogP contribution in [0.2, 0.25) is 0 Å². The molecule has 94 valence electrons. The number of rotatable bonds is 2. The summed E-state index contributed by atoms with van der Waals surface area (Å²) in [5.74, 6) is 0. The molecule has 3 nitrogen and oxygen atoms in total. The summed E-state index contributed by atoms with van der Waals surface area (Å²) in [6.07, 6.45) is 3.41. The Labute approximate surface area is 108 Å². The van der Waals surface area contributed by atoms with Crippen molar-refractivity contribution in [3.8, 4) is 0 Å². The van der Waals surface area contributed by atoms with Crippen molar-refractivity contribution in [1.82, 2.24) is 4.98 Å². The molecule has 0 radical (unpaired) electrons. The Hall–Kier alpha value is -2.03. The molecule has 0 aliphatic rings. The molecule has 3 heteroatoms. The third kappa shape index (κ3) is 2.80. The number of pyridine rings is 1. The predicted molar refractivity (Wildman–Crippen MR) is 77.1 cm³/mol. The molecule has 0 spiro atoms. The molecule has 0 unspecified atom stereocenters. The van der Waals surface area contributed by atoms with Crippen LogP contribution in [0.25, 0.3) is 0 Å². The molecule has 0 fully saturated rings. The molecular formula is C15H19N3. The smallest absolute Gasteiger partial charge is 0.0591 e. The molecule has 0 saturated carbocycles. The minimum atomic E-state index is 0.0946. The first-order valence-electron chi connectivity index (χ1n) is 6.04. The third-order valence-electron chi connectivity index (χ3n) is 2.77. The van der Waals surface area contributed by atoms with Crippen LogP contribution in [-0.2, 0) is 5.41 Å². The van der Waals surface area contributed by atoms with Gasteiger partial charge in [0.1, 0.15) is 0 Å². The van der Waals surface area contributed by atoms with Crippen LogP contribution >= 0.6 is 0 Å². The van der Waals surface area contributed by atoms with Gasteiger partial charge in [0.25, 0.3) is 0 Å². The maximum absolute atomic E-state index is 5.73. The number of para-hydroxylation sites is 1. The second-order valence-electron chi connectivity index (χ2n) is 5.43. The van der Waals surface area contributed by atoms with Crippen molar-refractivity contribution in [2.45, 2.75) is 26.2 Å². The van der Waals surface area contributed by atoms with Gasteiger partial charge in [-0.25, -0.2) is 0 Å². The van der Waals surface area contributed by atoms with E-state index in [1.807, 2.05) is 12.1 Å². The minimum absolute atomic E-state index is 0.0946. The van der Waals surface area contributed by atoms with E-state index in [0.717, 1.165) is 11.4 Å². The second-order valence-corrected chi connectivity index (χ2v) is 5.43. The van der Waals surface area contributed by atoms with Crippen molar-refractivity contribution in [2.24, 2.45) is 0 Å². The molecule has 2 rings (SSSR count). The van der Waals surface area contributed by atoms with E-state index in [2.05, 4.69) is 49.3 Å². The molecule has 1 aromatic carbocycles. The van der Waals surface area contributed by atoms with Crippen LogP contribution < -0.4 is 11.1 Å². The van der Waals surface area contributed by atoms with Gasteiger partial charge in [0, 0.05) is 11.9 Å². The minimum Gasteiger partial charge on any atom is -0.397 e. The number of anilines is 3. The van der Waals surface area contributed by atoms with Gasteiger partial charge in [-0.2, -0.15) is 0 Å². The highest BCUT2D eigenvalue weighted by molar-refractivity contribution is 5.66. The van der Waals surface area contributed by atoms with Gasteiger partial charge < -0.3 is 11.1 Å². The van der Waals surface area contributed by atoms with E-state index < -0.39 is 0 Å². The normalized spacial score (nSPS) is 11.3. The number of nitrogen functional groups attached to an aromatic ring is 1. The van der Waals surface area contributed by atoms with Crippen LogP contribution in [-0.4, -0.2) is 4.98 Å². The van der Waals surface area contributed by atoms with Crippen LogP contribution in [0, 0.1) is 0 Å². The number of nitrogens with two attached hydrogens (primary N) is 1. The Morgan fingerprint density at radius 3 is 2.50 bits per heavy atom. The molecule has 0 atom stereocenters. The van der Waals surface area contributed by atoms with E-state index in [4.69, 9.17) is 5.73 Å². The van der Waals surface area contributed by atoms with Crippen molar-refractivity contribution in [1.29, 1.82) is 0 Å². The van der Waals surface area contributed by atoms with Gasteiger partial charge in [-0.3, -0.25) is 4.98 Å². The highest BCUT2D eigenvalue weighted by Crippen LogP contribution is 2.31. The zero-order valence-electron chi connectivity index (χ0n) is 11.1. The summed E-state index contributed by atoms with van der Waals surface area (Å²) in [6, 6.07) is 10.2. The topological polar surface area (TPSA) is 50.9 Å². The largest absolute Gasteiger partial charge is 0.397 e. The van der Waals surface area contributed by atoms with Gasteiger partial charge in [-0.05, 0) is 23.1 Å². The molecule has 0 saturated heterocycles. The molecule has 2 aromatic rings. The van der Waals surface area contributed by atoms with Gasteiger partial charge in [0.15, 0.2) is 0 Å². The fourth-order valence-corrected chi connectivity index (χ4v) is 1.93. The molecular weight excluding hydrogens is 222 g/mol. The maximum atomic E-state index is 5.73. The lowest BCUT2D eigenvalue weighted by atomic mass is 9.86. The highest BCUT2D eigenvalue weighted by atomic mass is 14.9. The number of hydrogen-bond donors (Lipinski definition) is 2. The standard InChI is InChI=1S/C15H19N3/c1-15(2,3)13-6-4-5-7-14(13)18-12-8-11(16)9-17-10-12/h4-10,18H,16H2,1-3H3. The average Bonchev–Trinajstić information content (AvgIpc) is 2.28. The zero-order chi connectivity index (χ0) is 13.2. The molecule has 0 bridgehead atoms. The Morgan fingerprint density at radius 2 is 1.83 bits per heavy atom. The fraction of sp³-hybridized carbons (Fsp3) is 0.267. The monoisotopic (exact) mass is 241 g/mol. The van der Waals surface area contributed by atoms with E-state index in [9.17, 15) is 0 Å². The van der Waals surface area contributed by atoms with Crippen LogP contribution in [0.15, 0.2) is 42.7 Å². The van der Waals surface area contributed by atoms with E-state index in [-0.39, 0.29) is 5.41 Å². The van der Waals surface area contributed by atoms with Gasteiger partial charge in [-0.15, -0.1) is 0 Å². The molecule has 1 aromatic heterocycles. The van der Waals surface area contributed by atoms with E-state index in [1.165, 1.54) is 5.56 Å². The Balaban J connectivity index is 2.35. The molecule has 18 heavy (non-hydrogen) atoms. The summed E-state index contributed by atoms with van der Waals surface area (Å²) in [5.41, 5.74) is 9.76. The van der Waals surface area contributed by atoms with Crippen molar-refractivity contribution >= 4 is 17.1 Å². The first kappa shape index (κ1) is 12.4. The van der Waals surface area contributed by atoms with Crippen molar-refractivity contribution in [3.05, 3.63) is 48.3 Å². The highest BCUT2D eigenvalue weighted by Gasteiger charge is 2.17. The van der Waals surface area contributed by atoms with Gasteiger partial charge >= 0.3 is 0 Å². The quantitative estimate of drug-likeness (QED) is 0.842. The summed E-state index contributed by atoms with van der Waals surface area (Å²) < 4.78 is 0. The number of nitrogens with zero attached hydrogens (tertiary/aromatic N) is 1. The Bertz CT molecular complexity index is 541. The van der Waals surface area contributed by atoms with Crippen LogP contribution in [0.4, 0.5) is 17.1 Å². The fourth-order valence-electron chi connectivity index (χ4n) is 1.93. The lowest BCUT2D eigenvalue weighted by Gasteiger charge is -2.23. The molecule has 0 aliphatic heterocycles. The number of benzene rings is 1. The maximum Gasteiger partial charge on any atom is 0.0591 e. The molecule has 0 amide bonds. The summed E-state index contributed by atoms with van der Waals surface area (Å²) >= 11 is 0. The zero-order valence-corrected chi connectivity index (χ0v) is 11.1. The first-order chi connectivity index (χ1) is 8.47. The second kappa shape index (κ2) is 4.69. The van der Waals surface area contributed by atoms with Crippen molar-refractivity contribution < 1.29 is 0 Å². The summed E-state index contributed by atoms with van der Waals surface area (Å²) in [4.78, 5) is 4.08. The third-order valence-corrected chi connectivity index (χ3v) is 2.77. The van der Waals surface area contributed by atoms with Crippen LogP contribution in [0.3, 0.4) is 0 Å². The van der Waals surface area contributed by atoms with Crippen molar-refractivity contribution in [2.75, 3.05) is 11.1 Å². The van der Waals surface area contributed by atoms with Crippen LogP contribution in [0.1, 0.15) is 26.3 Å². The van der Waals surface area contributed by atoms with E-state index >= 15 is 0 Å². The Kier molecular flexibility index (Phi) is 3.24. The molecule has 1 heterocycles. The Morgan fingerprint density at radius 1 is 1.11 bits per heavy atom. The number of aromatic nitrogens is 1. The van der Waals surface area contributed by atoms with Gasteiger partial charge in [0.05, 0.1) is 17.6 Å². The first-order valence-corrected chi connectivity index (χ1v) is 6.04. The van der Waals surface area contributed by atoms with Crippen molar-refractivity contribution in [3.63, 3.8) is 0 Å². The lowest BCUT2D eigenvalue weighted by Crippen LogP contribution is -2.13. The molecule has 0 aliphatic carbocycles. The van der Waals surface area contributed by atoms with Gasteiger partial charge in [-0.1, -0.05) is 39.0 Å². The summed E-state index contributed by atoms with van der Waals surface area (Å²) in [6.45, 7) is 6.60.